The summed E-state index contributed by atoms with van der Waals surface area (Å²) in [4.78, 5) is 14.3. The predicted octanol–water partition coefficient (Wildman–Crippen LogP) is 6.08. The van der Waals surface area contributed by atoms with E-state index < -0.39 is 0 Å². The van der Waals surface area contributed by atoms with Crippen LogP contribution in [0.25, 0.3) is 10.8 Å². The Hall–Kier alpha value is -3.12. The van der Waals surface area contributed by atoms with Crippen LogP contribution < -0.4 is 0 Å². The normalized spacial score (nSPS) is 22.3. The Balaban J connectivity index is 1.43. The summed E-state index contributed by atoms with van der Waals surface area (Å²) in [6, 6.07) is 22.0. The largest absolute Gasteiger partial charge is 0.335 e. The molecule has 31 heavy (non-hydrogen) atoms. The van der Waals surface area contributed by atoms with Crippen LogP contribution in [0.3, 0.4) is 0 Å². The Morgan fingerprint density at radius 3 is 2.39 bits per heavy atom. The van der Waals surface area contributed by atoms with Crippen LogP contribution in [0.2, 0.25) is 0 Å². The van der Waals surface area contributed by atoms with Gasteiger partial charge >= 0.3 is 0 Å². The molecule has 3 aromatic carbocycles. The molecule has 3 aromatic rings. The van der Waals surface area contributed by atoms with Gasteiger partial charge < -0.3 is 4.90 Å². The summed E-state index contributed by atoms with van der Waals surface area (Å²) < 4.78 is 0. The van der Waals surface area contributed by atoms with Gasteiger partial charge in [0.1, 0.15) is 0 Å². The maximum atomic E-state index is 12.2. The Labute approximate surface area is 184 Å². The minimum atomic E-state index is 0.174. The van der Waals surface area contributed by atoms with Crippen LogP contribution in [-0.4, -0.2) is 17.4 Å². The van der Waals surface area contributed by atoms with E-state index in [1.54, 1.807) is 6.92 Å². The Kier molecular flexibility index (Phi) is 4.82. The standard InChI is InChI=1S/C28H28N2O/c1-17(2)28-27-14-24(8-6-20(27)10-11-30(28)18(3)31)26-15-25(26)23-9-7-21-12-19(16-29)4-5-22(21)13-23/h4-9,12-14,17,25-26,28H,10-11,15H2,1-3H3. The second-order valence-electron chi connectivity index (χ2n) is 9.49. The molecule has 0 N–H and O–H groups in total. The predicted molar refractivity (Wildman–Crippen MR) is 124 cm³/mol. The number of carbonyl (C=O) groups excluding carboxylic acids is 1. The van der Waals surface area contributed by atoms with Gasteiger partial charge in [0.2, 0.25) is 5.91 Å². The van der Waals surface area contributed by atoms with Crippen molar-refractivity contribution >= 4 is 16.7 Å². The summed E-state index contributed by atoms with van der Waals surface area (Å²) in [5, 5.41) is 11.4. The third-order valence-corrected chi connectivity index (χ3v) is 7.12. The van der Waals surface area contributed by atoms with E-state index in [9.17, 15) is 4.79 Å². The molecule has 1 fully saturated rings. The number of nitriles is 1. The smallest absolute Gasteiger partial charge is 0.219 e. The third kappa shape index (κ3) is 3.51. The summed E-state index contributed by atoms with van der Waals surface area (Å²) in [7, 11) is 0. The van der Waals surface area contributed by atoms with Crippen LogP contribution in [0.4, 0.5) is 0 Å². The third-order valence-electron chi connectivity index (χ3n) is 7.12. The maximum Gasteiger partial charge on any atom is 0.219 e. The van der Waals surface area contributed by atoms with Gasteiger partial charge in [-0.15, -0.1) is 0 Å². The zero-order valence-corrected chi connectivity index (χ0v) is 18.4. The molecule has 2 aliphatic rings. The molecule has 5 rings (SSSR count). The lowest BCUT2D eigenvalue weighted by Gasteiger charge is -2.39. The van der Waals surface area contributed by atoms with Gasteiger partial charge in [0.25, 0.3) is 0 Å². The molecule has 1 heterocycles. The van der Waals surface area contributed by atoms with Crippen molar-refractivity contribution < 1.29 is 4.79 Å². The summed E-state index contributed by atoms with van der Waals surface area (Å²) in [6.07, 6.45) is 2.12. The van der Waals surface area contributed by atoms with Gasteiger partial charge in [0.05, 0.1) is 17.7 Å². The quantitative estimate of drug-likeness (QED) is 0.527. The molecule has 3 heteroatoms. The Morgan fingerprint density at radius 2 is 1.68 bits per heavy atom. The molecular weight excluding hydrogens is 380 g/mol. The van der Waals surface area contributed by atoms with Crippen LogP contribution in [0.5, 0.6) is 0 Å². The molecule has 3 unspecified atom stereocenters. The lowest BCUT2D eigenvalue weighted by atomic mass is 9.84. The number of hydrogen-bond acceptors (Lipinski definition) is 2. The van der Waals surface area contributed by atoms with E-state index in [0.29, 0.717) is 23.3 Å². The highest BCUT2D eigenvalue weighted by molar-refractivity contribution is 5.84. The van der Waals surface area contributed by atoms with Crippen LogP contribution in [0.15, 0.2) is 54.6 Å². The van der Waals surface area contributed by atoms with Crippen molar-refractivity contribution in [3.05, 3.63) is 82.4 Å². The SMILES string of the molecule is CC(=O)N1CCc2ccc(C3CC3c3ccc4cc(C#N)ccc4c3)cc2C1C(C)C. The van der Waals surface area contributed by atoms with E-state index >= 15 is 0 Å². The molecule has 0 saturated heterocycles. The summed E-state index contributed by atoms with van der Waals surface area (Å²) in [6.45, 7) is 6.95. The van der Waals surface area contributed by atoms with E-state index in [-0.39, 0.29) is 11.9 Å². The van der Waals surface area contributed by atoms with E-state index in [0.717, 1.165) is 18.4 Å². The fourth-order valence-corrected chi connectivity index (χ4v) is 5.46. The highest BCUT2D eigenvalue weighted by Gasteiger charge is 2.40. The second kappa shape index (κ2) is 7.54. The average Bonchev–Trinajstić information content (AvgIpc) is 3.57. The molecule has 0 radical (unpaired) electrons. The zero-order chi connectivity index (χ0) is 21.7. The first-order chi connectivity index (χ1) is 15.0. The van der Waals surface area contributed by atoms with Gasteiger partial charge in [-0.25, -0.2) is 0 Å². The number of carbonyl (C=O) groups is 1. The van der Waals surface area contributed by atoms with Crippen LogP contribution in [-0.2, 0) is 11.2 Å². The van der Waals surface area contributed by atoms with E-state index in [1.165, 1.54) is 34.1 Å². The number of hydrogen-bond donors (Lipinski definition) is 0. The molecule has 3 nitrogen and oxygen atoms in total. The van der Waals surface area contributed by atoms with Gasteiger partial charge in [0, 0.05) is 13.5 Å². The summed E-state index contributed by atoms with van der Waals surface area (Å²) >= 11 is 0. The van der Waals surface area contributed by atoms with Crippen LogP contribution in [0, 0.1) is 17.2 Å². The summed E-state index contributed by atoms with van der Waals surface area (Å²) in [5.41, 5.74) is 6.24. The van der Waals surface area contributed by atoms with Crippen molar-refractivity contribution in [2.24, 2.45) is 5.92 Å². The number of nitrogens with zero attached hydrogens (tertiary/aromatic N) is 2. The van der Waals surface area contributed by atoms with Crippen molar-refractivity contribution in [2.75, 3.05) is 6.54 Å². The average molecular weight is 409 g/mol. The van der Waals surface area contributed by atoms with Gasteiger partial charge in [-0.1, -0.05) is 56.3 Å². The summed E-state index contributed by atoms with van der Waals surface area (Å²) in [5.74, 6) is 1.66. The second-order valence-corrected chi connectivity index (χ2v) is 9.49. The van der Waals surface area contributed by atoms with E-state index in [2.05, 4.69) is 67.3 Å². The maximum absolute atomic E-state index is 12.2. The number of benzene rings is 3. The van der Waals surface area contributed by atoms with Gasteiger partial charge in [-0.05, 0) is 75.8 Å². The first-order valence-corrected chi connectivity index (χ1v) is 11.3. The minimum absolute atomic E-state index is 0.174. The monoisotopic (exact) mass is 408 g/mol. The lowest BCUT2D eigenvalue weighted by Crippen LogP contribution is -2.41. The van der Waals surface area contributed by atoms with Crippen molar-refractivity contribution in [1.29, 1.82) is 5.26 Å². The van der Waals surface area contributed by atoms with Crippen molar-refractivity contribution in [3.8, 4) is 6.07 Å². The fraction of sp³-hybridized carbons (Fsp3) is 0.357. The van der Waals surface area contributed by atoms with Gasteiger partial charge in [-0.2, -0.15) is 5.26 Å². The van der Waals surface area contributed by atoms with Crippen molar-refractivity contribution in [2.45, 2.75) is 51.5 Å². The number of rotatable bonds is 3. The van der Waals surface area contributed by atoms with E-state index in [4.69, 9.17) is 5.26 Å². The molecular formula is C28H28N2O. The van der Waals surface area contributed by atoms with Crippen LogP contribution in [0.1, 0.15) is 72.9 Å². The molecule has 1 aliphatic carbocycles. The van der Waals surface area contributed by atoms with E-state index in [1.807, 2.05) is 12.1 Å². The fourth-order valence-electron chi connectivity index (χ4n) is 5.46. The minimum Gasteiger partial charge on any atom is -0.335 e. The molecule has 1 saturated carbocycles. The van der Waals surface area contributed by atoms with Gasteiger partial charge in [0.15, 0.2) is 0 Å². The zero-order valence-electron chi connectivity index (χ0n) is 18.4. The lowest BCUT2D eigenvalue weighted by molar-refractivity contribution is -0.132. The molecule has 0 bridgehead atoms. The topological polar surface area (TPSA) is 44.1 Å². The Morgan fingerprint density at radius 1 is 1.00 bits per heavy atom. The molecule has 3 atom stereocenters. The first-order valence-electron chi connectivity index (χ1n) is 11.3. The highest BCUT2D eigenvalue weighted by Crippen LogP contribution is 2.55. The number of fused-ring (bicyclic) bond motifs is 2. The molecule has 0 spiro atoms. The van der Waals surface area contributed by atoms with Crippen molar-refractivity contribution in [1.82, 2.24) is 4.90 Å². The van der Waals surface area contributed by atoms with Crippen LogP contribution >= 0.6 is 0 Å². The van der Waals surface area contributed by atoms with Gasteiger partial charge in [-0.3, -0.25) is 4.79 Å². The molecule has 1 aliphatic heterocycles. The number of amides is 1. The Bertz CT molecular complexity index is 1220. The molecule has 0 aromatic heterocycles. The first kappa shape index (κ1) is 19.8. The molecule has 156 valence electrons. The van der Waals surface area contributed by atoms with Crippen molar-refractivity contribution in [3.63, 3.8) is 0 Å². The highest BCUT2D eigenvalue weighted by atomic mass is 16.2. The molecule has 1 amide bonds.